The van der Waals surface area contributed by atoms with Gasteiger partial charge in [0, 0.05) is 13.7 Å². The maximum absolute atomic E-state index is 5.20. The summed E-state index contributed by atoms with van der Waals surface area (Å²) in [4.78, 5) is 0. The number of methoxy groups -OCH3 is 1. The summed E-state index contributed by atoms with van der Waals surface area (Å²) < 4.78 is 10.2. The minimum absolute atomic E-state index is 0.0868. The van der Waals surface area contributed by atoms with Crippen LogP contribution >= 0.6 is 0 Å². The average molecular weight is 116 g/mol. The topological polar surface area (TPSA) is 18.5 Å². The van der Waals surface area contributed by atoms with E-state index in [4.69, 9.17) is 9.47 Å². The molecule has 0 aromatic rings. The SMILES string of the molecule is COC1CCCCO1. The lowest BCUT2D eigenvalue weighted by atomic mass is 10.2. The van der Waals surface area contributed by atoms with Gasteiger partial charge in [-0.3, -0.25) is 0 Å². The number of rotatable bonds is 1. The molecule has 0 spiro atoms. The largest absolute Gasteiger partial charge is 0.356 e. The van der Waals surface area contributed by atoms with E-state index in [1.807, 2.05) is 0 Å². The highest BCUT2D eigenvalue weighted by atomic mass is 16.7. The first kappa shape index (κ1) is 6.05. The summed E-state index contributed by atoms with van der Waals surface area (Å²) in [6, 6.07) is 0. The van der Waals surface area contributed by atoms with Crippen molar-refractivity contribution in [2.75, 3.05) is 13.7 Å². The molecule has 1 heterocycles. The van der Waals surface area contributed by atoms with Gasteiger partial charge in [0.1, 0.15) is 0 Å². The van der Waals surface area contributed by atoms with Crippen molar-refractivity contribution in [2.24, 2.45) is 0 Å². The summed E-state index contributed by atoms with van der Waals surface area (Å²) >= 11 is 0. The molecule has 1 aliphatic heterocycles. The molecule has 1 unspecified atom stereocenters. The van der Waals surface area contributed by atoms with E-state index < -0.39 is 0 Å². The first-order valence-electron chi connectivity index (χ1n) is 3.08. The fourth-order valence-corrected chi connectivity index (χ4v) is 0.897. The van der Waals surface area contributed by atoms with Gasteiger partial charge in [-0.1, -0.05) is 0 Å². The van der Waals surface area contributed by atoms with E-state index in [0.29, 0.717) is 0 Å². The molecule has 0 saturated carbocycles. The summed E-state index contributed by atoms with van der Waals surface area (Å²) in [5, 5.41) is 0. The van der Waals surface area contributed by atoms with Gasteiger partial charge in [-0.2, -0.15) is 0 Å². The highest BCUT2D eigenvalue weighted by Gasteiger charge is 2.10. The predicted octanol–water partition coefficient (Wildman–Crippen LogP) is 1.16. The van der Waals surface area contributed by atoms with E-state index >= 15 is 0 Å². The molecule has 0 aliphatic carbocycles. The molecule has 1 atom stereocenters. The molecular formula is C6H12O2. The van der Waals surface area contributed by atoms with Crippen LogP contribution in [0.2, 0.25) is 0 Å². The summed E-state index contributed by atoms with van der Waals surface area (Å²) in [6.07, 6.45) is 3.60. The Labute approximate surface area is 49.8 Å². The lowest BCUT2D eigenvalue weighted by molar-refractivity contribution is -0.145. The van der Waals surface area contributed by atoms with Crippen molar-refractivity contribution >= 4 is 0 Å². The molecule has 1 fully saturated rings. The number of hydrogen-bond acceptors (Lipinski definition) is 2. The van der Waals surface area contributed by atoms with Crippen LogP contribution in [0.5, 0.6) is 0 Å². The van der Waals surface area contributed by atoms with Gasteiger partial charge in [0.05, 0.1) is 0 Å². The van der Waals surface area contributed by atoms with Gasteiger partial charge in [0.15, 0.2) is 6.29 Å². The van der Waals surface area contributed by atoms with Gasteiger partial charge in [-0.25, -0.2) is 0 Å². The molecule has 1 aliphatic rings. The first-order chi connectivity index (χ1) is 3.93. The molecule has 0 N–H and O–H groups in total. The first-order valence-corrected chi connectivity index (χ1v) is 3.08. The van der Waals surface area contributed by atoms with Crippen LogP contribution in [0.1, 0.15) is 19.3 Å². The van der Waals surface area contributed by atoms with E-state index in [-0.39, 0.29) is 6.29 Å². The van der Waals surface area contributed by atoms with Crippen LogP contribution in [-0.2, 0) is 9.47 Å². The second kappa shape index (κ2) is 3.05. The van der Waals surface area contributed by atoms with Crippen molar-refractivity contribution in [3.8, 4) is 0 Å². The molecule has 8 heavy (non-hydrogen) atoms. The van der Waals surface area contributed by atoms with Crippen molar-refractivity contribution in [1.82, 2.24) is 0 Å². The Morgan fingerprint density at radius 3 is 2.75 bits per heavy atom. The van der Waals surface area contributed by atoms with Gasteiger partial charge < -0.3 is 9.47 Å². The Kier molecular flexibility index (Phi) is 2.30. The Hall–Kier alpha value is -0.0800. The van der Waals surface area contributed by atoms with Gasteiger partial charge in [0.2, 0.25) is 0 Å². The lowest BCUT2D eigenvalue weighted by Crippen LogP contribution is -2.20. The highest BCUT2D eigenvalue weighted by Crippen LogP contribution is 2.11. The van der Waals surface area contributed by atoms with Crippen molar-refractivity contribution in [1.29, 1.82) is 0 Å². The Bertz CT molecular complexity index is 57.5. The molecule has 1 saturated heterocycles. The zero-order valence-electron chi connectivity index (χ0n) is 5.22. The van der Waals surface area contributed by atoms with Crippen LogP contribution in [0, 0.1) is 0 Å². The average Bonchev–Trinajstić information content (AvgIpc) is 1.90. The van der Waals surface area contributed by atoms with E-state index in [1.165, 1.54) is 12.8 Å². The molecule has 1 rings (SSSR count). The molecule has 0 radical (unpaired) electrons. The Morgan fingerprint density at radius 1 is 1.50 bits per heavy atom. The fourth-order valence-electron chi connectivity index (χ4n) is 0.897. The highest BCUT2D eigenvalue weighted by molar-refractivity contribution is 4.52. The maximum atomic E-state index is 5.20. The molecule has 2 nitrogen and oxygen atoms in total. The molecule has 48 valence electrons. The van der Waals surface area contributed by atoms with Crippen molar-refractivity contribution < 1.29 is 9.47 Å². The zero-order valence-corrected chi connectivity index (χ0v) is 5.22. The maximum Gasteiger partial charge on any atom is 0.157 e. The summed E-state index contributed by atoms with van der Waals surface area (Å²) in [7, 11) is 1.69. The molecule has 0 aromatic carbocycles. The van der Waals surface area contributed by atoms with Gasteiger partial charge in [0.25, 0.3) is 0 Å². The van der Waals surface area contributed by atoms with Crippen LogP contribution in [0.25, 0.3) is 0 Å². The lowest BCUT2D eigenvalue weighted by Gasteiger charge is -2.20. The fraction of sp³-hybridized carbons (Fsp3) is 1.00. The third-order valence-corrected chi connectivity index (χ3v) is 1.40. The summed E-state index contributed by atoms with van der Waals surface area (Å²) in [5.74, 6) is 0. The molecule has 2 heteroatoms. The van der Waals surface area contributed by atoms with E-state index in [1.54, 1.807) is 7.11 Å². The standard InChI is InChI=1S/C6H12O2/c1-7-6-4-2-3-5-8-6/h6H,2-5H2,1H3. The van der Waals surface area contributed by atoms with Crippen LogP contribution in [0.15, 0.2) is 0 Å². The van der Waals surface area contributed by atoms with Crippen LogP contribution in [-0.4, -0.2) is 20.0 Å². The second-order valence-electron chi connectivity index (χ2n) is 2.03. The van der Waals surface area contributed by atoms with Crippen LogP contribution in [0.4, 0.5) is 0 Å². The normalized spacial score (nSPS) is 30.4. The van der Waals surface area contributed by atoms with E-state index in [0.717, 1.165) is 13.0 Å². The minimum Gasteiger partial charge on any atom is -0.356 e. The molecule has 0 amide bonds. The van der Waals surface area contributed by atoms with Gasteiger partial charge in [-0.15, -0.1) is 0 Å². The number of ether oxygens (including phenoxy) is 2. The summed E-state index contributed by atoms with van der Waals surface area (Å²) in [6.45, 7) is 0.874. The predicted molar refractivity (Wildman–Crippen MR) is 30.6 cm³/mol. The van der Waals surface area contributed by atoms with Crippen LogP contribution in [0.3, 0.4) is 0 Å². The van der Waals surface area contributed by atoms with Crippen molar-refractivity contribution in [2.45, 2.75) is 25.6 Å². The zero-order chi connectivity index (χ0) is 5.82. The summed E-state index contributed by atoms with van der Waals surface area (Å²) in [5.41, 5.74) is 0. The van der Waals surface area contributed by atoms with Crippen molar-refractivity contribution in [3.63, 3.8) is 0 Å². The minimum atomic E-state index is 0.0868. The molecule has 0 bridgehead atoms. The van der Waals surface area contributed by atoms with Crippen LogP contribution < -0.4 is 0 Å². The van der Waals surface area contributed by atoms with Gasteiger partial charge in [-0.05, 0) is 19.3 Å². The third kappa shape index (κ3) is 1.46. The smallest absolute Gasteiger partial charge is 0.157 e. The monoisotopic (exact) mass is 116 g/mol. The molecular weight excluding hydrogens is 104 g/mol. The Morgan fingerprint density at radius 2 is 2.38 bits per heavy atom. The quantitative estimate of drug-likeness (QED) is 0.511. The van der Waals surface area contributed by atoms with Crippen molar-refractivity contribution in [3.05, 3.63) is 0 Å². The molecule has 0 aromatic heterocycles. The van der Waals surface area contributed by atoms with Gasteiger partial charge >= 0.3 is 0 Å². The van der Waals surface area contributed by atoms with E-state index in [9.17, 15) is 0 Å². The van der Waals surface area contributed by atoms with E-state index in [2.05, 4.69) is 0 Å². The number of hydrogen-bond donors (Lipinski definition) is 0. The Balaban J connectivity index is 2.13. The third-order valence-electron chi connectivity index (χ3n) is 1.40. The second-order valence-corrected chi connectivity index (χ2v) is 2.03.